The van der Waals surface area contributed by atoms with Crippen LogP contribution in [-0.2, 0) is 20.8 Å². The molecule has 2 amide bonds. The van der Waals surface area contributed by atoms with Gasteiger partial charge in [-0.05, 0) is 69.6 Å². The fourth-order valence-corrected chi connectivity index (χ4v) is 6.21. The molecule has 0 saturated heterocycles. The highest BCUT2D eigenvalue weighted by atomic mass is 16.6. The molecule has 12 nitrogen and oxygen atoms in total. The van der Waals surface area contributed by atoms with Gasteiger partial charge in [-0.2, -0.15) is 0 Å². The number of fused-ring (bicyclic) bond motifs is 3. The highest BCUT2D eigenvalue weighted by molar-refractivity contribution is 6.24. The smallest absolute Gasteiger partial charge is 0.417 e. The number of phenolic OH excluding ortho intramolecular Hbond substituents is 1. The van der Waals surface area contributed by atoms with E-state index in [1.807, 2.05) is 6.92 Å². The second-order valence-corrected chi connectivity index (χ2v) is 10.8. The van der Waals surface area contributed by atoms with E-state index in [0.29, 0.717) is 11.3 Å². The van der Waals surface area contributed by atoms with Crippen molar-refractivity contribution in [3.63, 3.8) is 0 Å². The van der Waals surface area contributed by atoms with Crippen molar-refractivity contribution in [1.82, 2.24) is 4.90 Å². The number of nitrogens with two attached hydrogens (primary N) is 1. The number of aryl methyl sites for hydroxylation is 1. The fourth-order valence-electron chi connectivity index (χ4n) is 6.21. The van der Waals surface area contributed by atoms with Crippen LogP contribution in [0.5, 0.6) is 11.5 Å². The highest BCUT2D eigenvalue weighted by Crippen LogP contribution is 2.53. The standard InChI is InChI=1S/C29H29N3O9/c1-12-4-6-14(7-5-12)41-28(39)31-17-8-9-18(33)20-15(17)10-13-11-16-22(32(2)3)24(35)21(27(30)38)26(37)29(16,40)25(36)19(13)23(20)34/h4-9,13,16,22,33-34,37,40H,10-11H2,1-3H3,(H2,30,38)(H,31,39). The average molecular weight is 564 g/mol. The summed E-state index contributed by atoms with van der Waals surface area (Å²) in [5.74, 6) is -7.17. The molecule has 5 rings (SSSR count). The largest absolute Gasteiger partial charge is 0.508 e. The van der Waals surface area contributed by atoms with E-state index in [4.69, 9.17) is 10.5 Å². The molecule has 0 radical (unpaired) electrons. The molecule has 3 aliphatic rings. The minimum absolute atomic E-state index is 0.0169. The molecule has 41 heavy (non-hydrogen) atoms. The van der Waals surface area contributed by atoms with Crippen LogP contribution in [0.15, 0.2) is 53.3 Å². The second kappa shape index (κ2) is 9.75. The number of amides is 2. The number of ether oxygens (including phenoxy) is 1. The predicted molar refractivity (Wildman–Crippen MR) is 145 cm³/mol. The molecule has 0 aliphatic heterocycles. The van der Waals surface area contributed by atoms with E-state index in [9.17, 15) is 39.6 Å². The van der Waals surface area contributed by atoms with Crippen LogP contribution in [0.2, 0.25) is 0 Å². The normalized spacial score (nSPS) is 25.4. The number of likely N-dealkylation sites (N-methyl/N-ethyl adjacent to an activating group) is 1. The molecule has 12 heteroatoms. The Morgan fingerprint density at radius 2 is 1.73 bits per heavy atom. The number of carbonyl (C=O) groups excluding carboxylic acids is 4. The zero-order chi connectivity index (χ0) is 30.0. The molecule has 1 fully saturated rings. The van der Waals surface area contributed by atoms with Crippen LogP contribution in [0.3, 0.4) is 0 Å². The van der Waals surface area contributed by atoms with Crippen LogP contribution in [0.4, 0.5) is 10.5 Å². The lowest BCUT2D eigenvalue weighted by molar-refractivity contribution is -0.153. The molecule has 1 saturated carbocycles. The summed E-state index contributed by atoms with van der Waals surface area (Å²) in [7, 11) is 3.04. The number of hydrogen-bond donors (Lipinski definition) is 6. The number of rotatable bonds is 4. The summed E-state index contributed by atoms with van der Waals surface area (Å²) < 4.78 is 5.33. The lowest BCUT2D eigenvalue weighted by atomic mass is 9.57. The Morgan fingerprint density at radius 1 is 1.07 bits per heavy atom. The molecule has 3 aliphatic carbocycles. The summed E-state index contributed by atoms with van der Waals surface area (Å²) in [5.41, 5.74) is 2.78. The Kier molecular flexibility index (Phi) is 6.63. The van der Waals surface area contributed by atoms with Gasteiger partial charge in [0, 0.05) is 17.2 Å². The quantitative estimate of drug-likeness (QED) is 0.236. The van der Waals surface area contributed by atoms with Crippen LogP contribution in [0.1, 0.15) is 23.1 Å². The Bertz CT molecular complexity index is 1570. The summed E-state index contributed by atoms with van der Waals surface area (Å²) in [6, 6.07) is 8.23. The monoisotopic (exact) mass is 563 g/mol. The third kappa shape index (κ3) is 4.23. The van der Waals surface area contributed by atoms with Crippen molar-refractivity contribution >= 4 is 35.0 Å². The Labute approximate surface area is 234 Å². The Balaban J connectivity index is 1.58. The zero-order valence-corrected chi connectivity index (χ0v) is 22.5. The fraction of sp³-hybridized carbons (Fsp3) is 0.310. The lowest BCUT2D eigenvalue weighted by Crippen LogP contribution is -2.65. The van der Waals surface area contributed by atoms with Crippen molar-refractivity contribution < 1.29 is 44.3 Å². The van der Waals surface area contributed by atoms with Gasteiger partial charge in [0.05, 0.1) is 11.6 Å². The Morgan fingerprint density at radius 3 is 2.34 bits per heavy atom. The van der Waals surface area contributed by atoms with Gasteiger partial charge in [-0.25, -0.2) is 4.79 Å². The summed E-state index contributed by atoms with van der Waals surface area (Å²) >= 11 is 0. The third-order valence-corrected chi connectivity index (χ3v) is 8.07. The Hall–Kier alpha value is -4.68. The van der Waals surface area contributed by atoms with Gasteiger partial charge < -0.3 is 30.9 Å². The number of nitrogens with one attached hydrogen (secondary N) is 1. The lowest BCUT2D eigenvalue weighted by Gasteiger charge is -2.50. The molecule has 2 aromatic carbocycles. The van der Waals surface area contributed by atoms with Gasteiger partial charge in [0.1, 0.15) is 28.6 Å². The van der Waals surface area contributed by atoms with Gasteiger partial charge in [0.25, 0.3) is 5.91 Å². The molecule has 4 atom stereocenters. The predicted octanol–water partition coefficient (Wildman–Crippen LogP) is 1.88. The molecule has 0 heterocycles. The summed E-state index contributed by atoms with van der Waals surface area (Å²) in [4.78, 5) is 53.3. The first kappa shape index (κ1) is 27.9. The summed E-state index contributed by atoms with van der Waals surface area (Å²) in [5, 5.41) is 47.1. The molecule has 7 N–H and O–H groups in total. The van der Waals surface area contributed by atoms with Crippen LogP contribution >= 0.6 is 0 Å². The average Bonchev–Trinajstić information content (AvgIpc) is 2.89. The minimum atomic E-state index is -2.73. The third-order valence-electron chi connectivity index (χ3n) is 8.07. The number of aliphatic hydroxyl groups excluding tert-OH is 2. The molecular weight excluding hydrogens is 534 g/mol. The van der Waals surface area contributed by atoms with Crippen LogP contribution < -0.4 is 15.8 Å². The molecule has 214 valence electrons. The van der Waals surface area contributed by atoms with E-state index in [-0.39, 0.29) is 29.7 Å². The van der Waals surface area contributed by atoms with Crippen molar-refractivity contribution in [3.05, 3.63) is 70.0 Å². The van der Waals surface area contributed by atoms with Gasteiger partial charge in [0.2, 0.25) is 5.78 Å². The maximum atomic E-state index is 13.9. The minimum Gasteiger partial charge on any atom is -0.508 e. The van der Waals surface area contributed by atoms with Gasteiger partial charge in [-0.3, -0.25) is 24.6 Å². The van der Waals surface area contributed by atoms with E-state index in [2.05, 4.69) is 5.32 Å². The second-order valence-electron chi connectivity index (χ2n) is 10.8. The molecule has 4 unspecified atom stereocenters. The summed E-state index contributed by atoms with van der Waals surface area (Å²) in [6.45, 7) is 1.88. The van der Waals surface area contributed by atoms with Gasteiger partial charge in [-0.15, -0.1) is 0 Å². The van der Waals surface area contributed by atoms with E-state index >= 15 is 0 Å². The highest BCUT2D eigenvalue weighted by Gasteiger charge is 2.64. The first-order valence-corrected chi connectivity index (χ1v) is 12.8. The molecule has 0 aromatic heterocycles. The number of Topliss-reactive ketones (excluding diaryl/α,β-unsaturated/α-hetero) is 2. The van der Waals surface area contributed by atoms with E-state index in [1.165, 1.54) is 31.1 Å². The first-order chi connectivity index (χ1) is 19.3. The number of nitrogens with zero attached hydrogens (tertiary/aromatic N) is 1. The molecule has 0 spiro atoms. The zero-order valence-electron chi connectivity index (χ0n) is 22.5. The van der Waals surface area contributed by atoms with E-state index < -0.39 is 69.9 Å². The van der Waals surface area contributed by atoms with Crippen LogP contribution in [0, 0.1) is 18.8 Å². The SMILES string of the molecule is Cc1ccc(OC(=O)Nc2ccc(O)c3c2CC2CC4C(N(C)C)C(=O)C(C(N)=O)=C(O)C4(O)C(=O)C2=C3O)cc1. The molecule has 2 aromatic rings. The van der Waals surface area contributed by atoms with Crippen molar-refractivity contribution in [2.24, 2.45) is 17.6 Å². The number of phenols is 1. The number of carbonyl (C=O) groups is 4. The molecular formula is C29H29N3O9. The van der Waals surface area contributed by atoms with Crippen LogP contribution in [-0.4, -0.2) is 74.6 Å². The van der Waals surface area contributed by atoms with E-state index in [0.717, 1.165) is 5.56 Å². The van der Waals surface area contributed by atoms with Gasteiger partial charge >= 0.3 is 6.09 Å². The summed E-state index contributed by atoms with van der Waals surface area (Å²) in [6.07, 6.45) is -0.887. The topological polar surface area (TPSA) is 200 Å². The first-order valence-electron chi connectivity index (χ1n) is 12.8. The van der Waals surface area contributed by atoms with E-state index in [1.54, 1.807) is 24.3 Å². The van der Waals surface area contributed by atoms with Gasteiger partial charge in [-0.1, -0.05) is 17.7 Å². The van der Waals surface area contributed by atoms with Gasteiger partial charge in [0.15, 0.2) is 11.4 Å². The maximum absolute atomic E-state index is 13.9. The molecule has 0 bridgehead atoms. The number of primary amides is 1. The van der Waals surface area contributed by atoms with Crippen molar-refractivity contribution in [1.29, 1.82) is 0 Å². The van der Waals surface area contributed by atoms with Crippen molar-refractivity contribution in [3.8, 4) is 11.5 Å². The number of anilines is 1. The number of ketones is 2. The van der Waals surface area contributed by atoms with Crippen molar-refractivity contribution in [2.75, 3.05) is 19.4 Å². The number of aromatic hydroxyl groups is 1. The maximum Gasteiger partial charge on any atom is 0.417 e. The number of aliphatic hydroxyl groups is 3. The van der Waals surface area contributed by atoms with Crippen molar-refractivity contribution in [2.45, 2.75) is 31.4 Å². The number of hydrogen-bond acceptors (Lipinski definition) is 10. The number of benzene rings is 2. The van der Waals surface area contributed by atoms with Crippen LogP contribution in [0.25, 0.3) is 5.76 Å².